The molecule has 1 aliphatic heterocycles. The summed E-state index contributed by atoms with van der Waals surface area (Å²) < 4.78 is 83.5. The fourth-order valence-corrected chi connectivity index (χ4v) is 6.81. The van der Waals surface area contributed by atoms with Crippen LogP contribution in [0.2, 0.25) is 0 Å². The fourth-order valence-electron chi connectivity index (χ4n) is 5.77. The smallest absolute Gasteiger partial charge is 0.338 e. The van der Waals surface area contributed by atoms with Gasteiger partial charge in [-0.25, -0.2) is 27.0 Å². The quantitative estimate of drug-likeness (QED) is 0.122. The predicted octanol–water partition coefficient (Wildman–Crippen LogP) is 6.19. The Labute approximate surface area is 305 Å². The van der Waals surface area contributed by atoms with Crippen LogP contribution in [0.3, 0.4) is 0 Å². The molecule has 7 rings (SSSR count). The second-order valence-corrected chi connectivity index (χ2v) is 13.4. The minimum Gasteiger partial charge on any atom is -0.486 e. The summed E-state index contributed by atoms with van der Waals surface area (Å²) in [5.74, 6) is -0.391. The molecule has 11 nitrogen and oxygen atoms in total. The number of halogens is 3. The first-order valence-electron chi connectivity index (χ1n) is 16.0. The molecular formula is C39H25F3N4O7S. The maximum atomic E-state index is 15.2. The van der Waals surface area contributed by atoms with Gasteiger partial charge in [-0.15, -0.1) is 0 Å². The number of rotatable bonds is 8. The third kappa shape index (κ3) is 7.23. The number of hydrogen-bond acceptors (Lipinski definition) is 8. The molecule has 0 radical (unpaired) electrons. The number of para-hydroxylation sites is 1. The largest absolute Gasteiger partial charge is 0.486 e. The van der Waals surface area contributed by atoms with E-state index < -0.39 is 56.8 Å². The Hall–Kier alpha value is -6.92. The number of benzene rings is 4. The molecule has 3 heterocycles. The van der Waals surface area contributed by atoms with E-state index in [0.29, 0.717) is 70.0 Å². The minimum atomic E-state index is -4.37. The van der Waals surface area contributed by atoms with Crippen LogP contribution in [0.15, 0.2) is 108 Å². The second kappa shape index (κ2) is 14.6. The number of aromatic nitrogens is 2. The first kappa shape index (κ1) is 35.5. The lowest BCUT2D eigenvalue weighted by Crippen LogP contribution is -2.40. The molecule has 1 aliphatic rings. The highest BCUT2D eigenvalue weighted by molar-refractivity contribution is 7.92. The molecule has 1 atom stereocenters. The van der Waals surface area contributed by atoms with Crippen molar-refractivity contribution >= 4 is 38.5 Å². The molecule has 15 heteroatoms. The summed E-state index contributed by atoms with van der Waals surface area (Å²) in [5, 5.41) is 12.4. The van der Waals surface area contributed by atoms with Gasteiger partial charge in [0.25, 0.3) is 15.9 Å². The van der Waals surface area contributed by atoms with Gasteiger partial charge in [0.15, 0.2) is 17.5 Å². The number of aliphatic carboxylic acids is 1. The molecule has 270 valence electrons. The van der Waals surface area contributed by atoms with E-state index in [4.69, 9.17) is 9.47 Å². The molecule has 2 aromatic heterocycles. The highest BCUT2D eigenvalue weighted by Crippen LogP contribution is 2.42. The summed E-state index contributed by atoms with van der Waals surface area (Å²) in [7, 11) is -4.37. The summed E-state index contributed by atoms with van der Waals surface area (Å²) in [6.45, 7) is 0.778. The monoisotopic (exact) mass is 750 g/mol. The number of anilines is 1. The lowest BCUT2D eigenvalue weighted by molar-refractivity contribution is -0.137. The van der Waals surface area contributed by atoms with E-state index in [0.717, 1.165) is 11.6 Å². The molecular weight excluding hydrogens is 726 g/mol. The van der Waals surface area contributed by atoms with Crippen molar-refractivity contribution in [2.45, 2.75) is 10.9 Å². The number of fused-ring (bicyclic) bond motifs is 2. The molecule has 1 unspecified atom stereocenters. The van der Waals surface area contributed by atoms with Gasteiger partial charge in [0.05, 0.1) is 16.1 Å². The van der Waals surface area contributed by atoms with Crippen LogP contribution in [-0.4, -0.2) is 54.6 Å². The Bertz CT molecular complexity index is 2620. The van der Waals surface area contributed by atoms with Crippen LogP contribution >= 0.6 is 0 Å². The van der Waals surface area contributed by atoms with E-state index in [1.54, 1.807) is 36.5 Å². The Morgan fingerprint density at radius 3 is 2.31 bits per heavy atom. The molecule has 0 bridgehead atoms. The van der Waals surface area contributed by atoms with Gasteiger partial charge in [0.2, 0.25) is 5.95 Å². The number of carbonyl (C=O) groups is 2. The Morgan fingerprint density at radius 1 is 0.815 bits per heavy atom. The molecule has 54 heavy (non-hydrogen) atoms. The van der Waals surface area contributed by atoms with E-state index in [-0.39, 0.29) is 4.90 Å². The first-order valence-corrected chi connectivity index (χ1v) is 17.5. The summed E-state index contributed by atoms with van der Waals surface area (Å²) >= 11 is 0. The maximum absolute atomic E-state index is 15.2. The number of ether oxygens (including phenoxy) is 2. The van der Waals surface area contributed by atoms with Crippen molar-refractivity contribution in [2.75, 3.05) is 17.9 Å². The number of sulfonamides is 1. The van der Waals surface area contributed by atoms with Gasteiger partial charge < -0.3 is 19.9 Å². The van der Waals surface area contributed by atoms with Crippen LogP contribution in [0.4, 0.5) is 18.9 Å². The van der Waals surface area contributed by atoms with Crippen LogP contribution in [0.5, 0.6) is 11.5 Å². The summed E-state index contributed by atoms with van der Waals surface area (Å²) in [6.07, 6.45) is 2.84. The number of amides is 1. The highest BCUT2D eigenvalue weighted by Gasteiger charge is 2.26. The summed E-state index contributed by atoms with van der Waals surface area (Å²) in [6, 6.07) is 19.4. The second-order valence-electron chi connectivity index (χ2n) is 11.7. The lowest BCUT2D eigenvalue weighted by atomic mass is 9.97. The number of carboxylic acids is 1. The van der Waals surface area contributed by atoms with Gasteiger partial charge in [-0.05, 0) is 59.7 Å². The molecule has 0 fully saturated rings. The van der Waals surface area contributed by atoms with Gasteiger partial charge in [-0.1, -0.05) is 48.2 Å². The molecule has 1 amide bonds. The molecule has 0 spiro atoms. The van der Waals surface area contributed by atoms with Crippen LogP contribution in [0.1, 0.15) is 15.9 Å². The van der Waals surface area contributed by atoms with Crippen LogP contribution < -0.4 is 19.5 Å². The van der Waals surface area contributed by atoms with Crippen molar-refractivity contribution in [3.63, 3.8) is 0 Å². The first-order chi connectivity index (χ1) is 26.0. The van der Waals surface area contributed by atoms with Crippen LogP contribution in [0.25, 0.3) is 33.2 Å². The van der Waals surface area contributed by atoms with Gasteiger partial charge in [0.1, 0.15) is 30.4 Å². The number of pyridine rings is 2. The van der Waals surface area contributed by atoms with Crippen molar-refractivity contribution in [3.8, 4) is 45.6 Å². The van der Waals surface area contributed by atoms with Gasteiger partial charge in [-0.3, -0.25) is 14.5 Å². The molecule has 0 saturated carbocycles. The SMILES string of the molecule is O=C(NC(C#Cc1ccc(-c2cccc3c2OCCO3)c2ncccc12)C(=O)O)c1c(F)cc(NS(=O)(=O)c2ccc(-c3ccnc(F)c3)cc2)cc1F. The Kier molecular flexibility index (Phi) is 9.59. The van der Waals surface area contributed by atoms with Crippen molar-refractivity contribution in [2.24, 2.45) is 0 Å². The number of carbonyl (C=O) groups excluding carboxylic acids is 1. The molecule has 6 aromatic rings. The van der Waals surface area contributed by atoms with Crippen molar-refractivity contribution < 1.29 is 45.8 Å². The van der Waals surface area contributed by atoms with Gasteiger partial charge >= 0.3 is 5.97 Å². The van der Waals surface area contributed by atoms with Gasteiger partial charge in [-0.2, -0.15) is 4.39 Å². The average Bonchev–Trinajstić information content (AvgIpc) is 3.15. The summed E-state index contributed by atoms with van der Waals surface area (Å²) in [5.41, 5.74) is 1.55. The normalized spacial score (nSPS) is 12.6. The third-order valence-electron chi connectivity index (χ3n) is 8.25. The number of nitrogens with one attached hydrogen (secondary N) is 2. The molecule has 3 N–H and O–H groups in total. The number of carboxylic acid groups (broad SMARTS) is 1. The third-order valence-corrected chi connectivity index (χ3v) is 9.64. The van der Waals surface area contributed by atoms with E-state index in [1.807, 2.05) is 22.2 Å². The predicted molar refractivity (Wildman–Crippen MR) is 191 cm³/mol. The Morgan fingerprint density at radius 2 is 1.57 bits per heavy atom. The van der Waals surface area contributed by atoms with Crippen LogP contribution in [-0.2, 0) is 14.8 Å². The highest BCUT2D eigenvalue weighted by atomic mass is 32.2. The number of nitrogens with zero attached hydrogens (tertiary/aromatic N) is 2. The fraction of sp³-hybridized carbons (Fsp3) is 0.0769. The zero-order valence-electron chi connectivity index (χ0n) is 27.6. The zero-order chi connectivity index (χ0) is 38.0. The topological polar surface area (TPSA) is 157 Å². The van der Waals surface area contributed by atoms with Crippen molar-refractivity contribution in [1.82, 2.24) is 15.3 Å². The van der Waals surface area contributed by atoms with E-state index in [2.05, 4.69) is 21.8 Å². The minimum absolute atomic E-state index is 0.271. The van der Waals surface area contributed by atoms with Crippen molar-refractivity contribution in [3.05, 3.63) is 132 Å². The van der Waals surface area contributed by atoms with Crippen molar-refractivity contribution in [1.29, 1.82) is 0 Å². The number of hydrogen-bond donors (Lipinski definition) is 3. The lowest BCUT2D eigenvalue weighted by Gasteiger charge is -2.21. The maximum Gasteiger partial charge on any atom is 0.338 e. The van der Waals surface area contributed by atoms with Gasteiger partial charge in [0, 0.05) is 40.5 Å². The standard InChI is InChI=1S/C39H25F3N4O7S/c40-30-20-25(46-54(50,51)26-10-6-22(7-11-26)24-14-16-43-34(42)19-24)21-31(41)35(30)38(47)45-32(39(48)49)13-9-23-8-12-28(36-27(23)4-2-15-44-36)29-3-1-5-33-37(29)53-18-17-52-33/h1-8,10-12,14-16,19-21,32,46H,17-18H2,(H,45,47)(H,48,49). The van der Waals surface area contributed by atoms with Crippen LogP contribution in [0, 0.1) is 29.4 Å². The molecule has 4 aromatic carbocycles. The van der Waals surface area contributed by atoms with E-state index in [1.165, 1.54) is 36.5 Å². The summed E-state index contributed by atoms with van der Waals surface area (Å²) in [4.78, 5) is 32.8. The zero-order valence-corrected chi connectivity index (χ0v) is 28.5. The molecule has 0 aliphatic carbocycles. The van der Waals surface area contributed by atoms with E-state index in [9.17, 15) is 27.5 Å². The Balaban J connectivity index is 1.10. The van der Waals surface area contributed by atoms with E-state index >= 15 is 8.78 Å². The molecule has 0 saturated heterocycles. The average molecular weight is 751 g/mol.